The van der Waals surface area contributed by atoms with E-state index in [4.69, 9.17) is 10.8 Å². The maximum atomic E-state index is 13.7. The van der Waals surface area contributed by atoms with Crippen LogP contribution in [0.25, 0.3) is 0 Å². The Kier molecular flexibility index (Phi) is 9.68. The number of terminal acetylenes is 1. The number of ketones is 1. The first kappa shape index (κ1) is 28.4. The summed E-state index contributed by atoms with van der Waals surface area (Å²) in [6.45, 7) is 21.6. The van der Waals surface area contributed by atoms with Crippen molar-refractivity contribution >= 4 is 14.1 Å². The number of rotatable bonds is 10. The molecule has 188 valence electrons. The van der Waals surface area contributed by atoms with Gasteiger partial charge < -0.3 is 4.43 Å². The second-order valence-corrected chi connectivity index (χ2v) is 18.2. The van der Waals surface area contributed by atoms with Gasteiger partial charge in [0.2, 0.25) is 0 Å². The number of Topliss-reactive ketones (excluding diaryl/α,β-unsaturated/α-hetero) is 1. The Morgan fingerprint density at radius 3 is 2.45 bits per heavy atom. The summed E-state index contributed by atoms with van der Waals surface area (Å²) in [5.74, 6) is 5.93. The monoisotopic (exact) mass is 472 g/mol. The fraction of sp³-hybridized carbons (Fsp3) is 0.833. The van der Waals surface area contributed by atoms with Crippen molar-refractivity contribution in [2.24, 2.45) is 40.9 Å². The maximum absolute atomic E-state index is 13.7. The van der Waals surface area contributed by atoms with Crippen molar-refractivity contribution in [1.29, 1.82) is 0 Å². The Hall–Kier alpha value is -0.853. The third-order valence-electron chi connectivity index (χ3n) is 9.40. The molecule has 2 nitrogen and oxygen atoms in total. The lowest BCUT2D eigenvalue weighted by Crippen LogP contribution is -2.46. The Bertz CT molecular complexity index is 723. The number of carbonyl (C=O) groups excluding carboxylic acids is 1. The molecule has 3 unspecified atom stereocenters. The van der Waals surface area contributed by atoms with Gasteiger partial charge in [-0.25, -0.2) is 0 Å². The van der Waals surface area contributed by atoms with Crippen LogP contribution in [0, 0.1) is 53.3 Å². The minimum absolute atomic E-state index is 0.142. The van der Waals surface area contributed by atoms with Crippen LogP contribution in [-0.2, 0) is 9.22 Å². The van der Waals surface area contributed by atoms with Gasteiger partial charge in [-0.2, -0.15) is 0 Å². The molecule has 0 spiro atoms. The van der Waals surface area contributed by atoms with Gasteiger partial charge in [0.15, 0.2) is 8.32 Å². The van der Waals surface area contributed by atoms with Gasteiger partial charge in [-0.05, 0) is 85.7 Å². The van der Waals surface area contributed by atoms with Crippen molar-refractivity contribution in [2.45, 2.75) is 112 Å². The van der Waals surface area contributed by atoms with Crippen LogP contribution < -0.4 is 0 Å². The first-order valence-electron chi connectivity index (χ1n) is 13.5. The molecule has 6 atom stereocenters. The van der Waals surface area contributed by atoms with Crippen LogP contribution >= 0.6 is 0 Å². The second-order valence-electron chi connectivity index (χ2n) is 13.3. The van der Waals surface area contributed by atoms with Crippen molar-refractivity contribution in [2.75, 3.05) is 6.61 Å². The molecule has 2 aliphatic rings. The zero-order chi connectivity index (χ0) is 25.0. The lowest BCUT2D eigenvalue weighted by atomic mass is 9.59. The molecule has 2 rings (SSSR count). The van der Waals surface area contributed by atoms with E-state index in [1.54, 1.807) is 0 Å². The molecule has 0 saturated heterocycles. The summed E-state index contributed by atoms with van der Waals surface area (Å²) in [6, 6.07) is 0. The molecule has 0 aliphatic heterocycles. The van der Waals surface area contributed by atoms with Crippen molar-refractivity contribution in [3.63, 3.8) is 0 Å². The predicted molar refractivity (Wildman–Crippen MR) is 145 cm³/mol. The summed E-state index contributed by atoms with van der Waals surface area (Å²) in [6.07, 6.45) is 17.4. The lowest BCUT2D eigenvalue weighted by molar-refractivity contribution is -0.136. The fourth-order valence-corrected chi connectivity index (χ4v) is 7.33. The van der Waals surface area contributed by atoms with E-state index in [0.717, 1.165) is 38.7 Å². The van der Waals surface area contributed by atoms with E-state index >= 15 is 0 Å². The van der Waals surface area contributed by atoms with Crippen LogP contribution in [0.5, 0.6) is 0 Å². The molecule has 33 heavy (non-hydrogen) atoms. The first-order valence-corrected chi connectivity index (χ1v) is 16.4. The van der Waals surface area contributed by atoms with E-state index in [9.17, 15) is 4.79 Å². The Morgan fingerprint density at radius 2 is 1.88 bits per heavy atom. The largest absolute Gasteiger partial charge is 0.417 e. The number of carbonyl (C=O) groups is 1. The molecule has 0 aromatic rings. The summed E-state index contributed by atoms with van der Waals surface area (Å²) in [5.41, 5.74) is 0.142. The lowest BCUT2D eigenvalue weighted by Gasteiger charge is -2.45. The standard InChI is InChI=1S/C30H52O2Si/c1-11-13-24(15-12-14-22(2)3)20-25-18-19-30(8)26(16-17-27(30)28(25)31)23(4)21-32-33(9,10)29(5,6)7/h1,12,14,22-27H,13,15-21H2,2-10H3/b14-12+/t23-,24?,25?,26-,27?,30-/m1/s1. The zero-order valence-corrected chi connectivity index (χ0v) is 24.2. The summed E-state index contributed by atoms with van der Waals surface area (Å²) in [5, 5.41) is 0.238. The summed E-state index contributed by atoms with van der Waals surface area (Å²) in [4.78, 5) is 13.7. The molecule has 0 amide bonds. The van der Waals surface area contributed by atoms with Gasteiger partial charge in [0.05, 0.1) is 0 Å². The second kappa shape index (κ2) is 11.3. The summed E-state index contributed by atoms with van der Waals surface area (Å²) >= 11 is 0. The van der Waals surface area contributed by atoms with Gasteiger partial charge in [0.1, 0.15) is 5.78 Å². The average molecular weight is 473 g/mol. The smallest absolute Gasteiger partial charge is 0.191 e. The minimum Gasteiger partial charge on any atom is -0.417 e. The van der Waals surface area contributed by atoms with E-state index in [-0.39, 0.29) is 22.3 Å². The average Bonchev–Trinajstić information content (AvgIpc) is 3.05. The third-order valence-corrected chi connectivity index (χ3v) is 13.9. The summed E-state index contributed by atoms with van der Waals surface area (Å²) < 4.78 is 6.60. The van der Waals surface area contributed by atoms with E-state index in [1.165, 1.54) is 12.8 Å². The molecule has 0 bridgehead atoms. The van der Waals surface area contributed by atoms with Crippen LogP contribution in [0.1, 0.15) is 93.4 Å². The Labute approximate surface area is 206 Å². The highest BCUT2D eigenvalue weighted by Crippen LogP contribution is 2.58. The van der Waals surface area contributed by atoms with E-state index in [2.05, 4.69) is 79.6 Å². The highest BCUT2D eigenvalue weighted by molar-refractivity contribution is 6.74. The third kappa shape index (κ3) is 6.85. The Balaban J connectivity index is 2.02. The molecular formula is C30H52O2Si. The topological polar surface area (TPSA) is 26.3 Å². The van der Waals surface area contributed by atoms with Gasteiger partial charge in [0, 0.05) is 24.9 Å². The van der Waals surface area contributed by atoms with Gasteiger partial charge >= 0.3 is 0 Å². The van der Waals surface area contributed by atoms with Gasteiger partial charge in [-0.15, -0.1) is 12.3 Å². The van der Waals surface area contributed by atoms with Crippen molar-refractivity contribution < 1.29 is 9.22 Å². The molecule has 0 heterocycles. The molecule has 2 fully saturated rings. The fourth-order valence-electron chi connectivity index (χ4n) is 6.22. The van der Waals surface area contributed by atoms with Gasteiger partial charge in [0.25, 0.3) is 0 Å². The van der Waals surface area contributed by atoms with E-state index in [0.29, 0.717) is 29.5 Å². The number of allylic oxidation sites excluding steroid dienone is 2. The maximum Gasteiger partial charge on any atom is 0.191 e. The SMILES string of the molecule is C#CCC(C/C=C/C(C)C)CC1CC[C@@]2(C)C(CC[C@@H]2[C@H](C)CO[Si](C)(C)C(C)(C)C)C1=O. The summed E-state index contributed by atoms with van der Waals surface area (Å²) in [7, 11) is -1.74. The molecule has 0 aromatic carbocycles. The van der Waals surface area contributed by atoms with Crippen LogP contribution in [0.15, 0.2) is 12.2 Å². The molecule has 0 aromatic heterocycles. The van der Waals surface area contributed by atoms with Gasteiger partial charge in [-0.1, -0.05) is 60.6 Å². The molecule has 3 heteroatoms. The highest BCUT2D eigenvalue weighted by atomic mass is 28.4. The van der Waals surface area contributed by atoms with Crippen molar-refractivity contribution in [3.05, 3.63) is 12.2 Å². The van der Waals surface area contributed by atoms with Crippen LogP contribution in [0.2, 0.25) is 18.1 Å². The first-order chi connectivity index (χ1) is 15.2. The van der Waals surface area contributed by atoms with Crippen LogP contribution in [0.4, 0.5) is 0 Å². The number of hydrogen-bond donors (Lipinski definition) is 0. The number of fused-ring (bicyclic) bond motifs is 1. The van der Waals surface area contributed by atoms with Crippen molar-refractivity contribution in [3.8, 4) is 12.3 Å². The van der Waals surface area contributed by atoms with Crippen LogP contribution in [-0.4, -0.2) is 20.7 Å². The normalized spacial score (nSPS) is 30.5. The van der Waals surface area contributed by atoms with Gasteiger partial charge in [-0.3, -0.25) is 4.79 Å². The molecule has 0 radical (unpaired) electrons. The predicted octanol–water partition coefficient (Wildman–Crippen LogP) is 8.29. The highest BCUT2D eigenvalue weighted by Gasteiger charge is 2.55. The minimum atomic E-state index is -1.74. The molecular weight excluding hydrogens is 420 g/mol. The van der Waals surface area contributed by atoms with E-state index < -0.39 is 8.32 Å². The van der Waals surface area contributed by atoms with Crippen LogP contribution in [0.3, 0.4) is 0 Å². The molecule has 0 N–H and O–H groups in total. The van der Waals surface area contributed by atoms with Crippen molar-refractivity contribution in [1.82, 2.24) is 0 Å². The number of hydrogen-bond acceptors (Lipinski definition) is 2. The molecule has 2 aliphatic carbocycles. The molecule has 2 saturated carbocycles. The quantitative estimate of drug-likeness (QED) is 0.182. The zero-order valence-electron chi connectivity index (χ0n) is 23.2. The van der Waals surface area contributed by atoms with E-state index in [1.807, 2.05) is 0 Å². The Morgan fingerprint density at radius 1 is 1.21 bits per heavy atom.